The smallest absolute Gasteiger partial charge is 0.249 e. The van der Waals surface area contributed by atoms with Gasteiger partial charge in [0.05, 0.1) is 5.52 Å². The van der Waals surface area contributed by atoms with Gasteiger partial charge in [0.1, 0.15) is 18.1 Å². The second-order valence-corrected chi connectivity index (χ2v) is 9.68. The van der Waals surface area contributed by atoms with Gasteiger partial charge in [-0.05, 0) is 75.6 Å². The van der Waals surface area contributed by atoms with Gasteiger partial charge in [-0.2, -0.15) is 0 Å². The van der Waals surface area contributed by atoms with Crippen molar-refractivity contribution < 1.29 is 9.59 Å². The van der Waals surface area contributed by atoms with Crippen molar-refractivity contribution in [1.82, 2.24) is 25.3 Å². The lowest BCUT2D eigenvalue weighted by Crippen LogP contribution is -2.51. The number of hydrogen-bond acceptors (Lipinski definition) is 5. The van der Waals surface area contributed by atoms with Crippen LogP contribution in [-0.4, -0.2) is 37.3 Å². The Labute approximate surface area is 211 Å². The van der Waals surface area contributed by atoms with E-state index in [9.17, 15) is 9.59 Å². The molecule has 4 rings (SSSR count). The molecule has 4 aromatic rings. The predicted octanol–water partition coefficient (Wildman–Crippen LogP) is 4.52. The van der Waals surface area contributed by atoms with Crippen molar-refractivity contribution in [3.63, 3.8) is 0 Å². The zero-order valence-electron chi connectivity index (χ0n) is 21.4. The molecule has 1 atom stereocenters. The van der Waals surface area contributed by atoms with Crippen LogP contribution in [0.1, 0.15) is 49.9 Å². The molecule has 0 unspecified atom stereocenters. The maximum absolute atomic E-state index is 14.0. The summed E-state index contributed by atoms with van der Waals surface area (Å²) in [4.78, 5) is 33.7. The maximum Gasteiger partial charge on any atom is 0.249 e. The molecule has 0 radical (unpaired) electrons. The first-order valence-electron chi connectivity index (χ1n) is 12.1. The monoisotopic (exact) mass is 484 g/mol. The normalized spacial score (nSPS) is 12.4. The lowest BCUT2D eigenvalue weighted by atomic mass is 9.98. The Balaban J connectivity index is 1.82. The molecule has 1 N–H and O–H groups in total. The van der Waals surface area contributed by atoms with E-state index in [2.05, 4.69) is 20.6 Å². The highest BCUT2D eigenvalue weighted by atomic mass is 16.2. The van der Waals surface area contributed by atoms with E-state index in [1.807, 2.05) is 83.1 Å². The maximum atomic E-state index is 14.0. The molecule has 36 heavy (non-hydrogen) atoms. The van der Waals surface area contributed by atoms with E-state index >= 15 is 0 Å². The van der Waals surface area contributed by atoms with Crippen molar-refractivity contribution in [3.05, 3.63) is 83.7 Å². The number of benzene rings is 2. The third kappa shape index (κ3) is 5.27. The first-order chi connectivity index (χ1) is 17.2. The van der Waals surface area contributed by atoms with E-state index in [4.69, 9.17) is 0 Å². The third-order valence-electron chi connectivity index (χ3n) is 6.59. The number of carbonyl (C=O) groups excluding carboxylic acids is 2. The van der Waals surface area contributed by atoms with Crippen molar-refractivity contribution in [3.8, 4) is 0 Å². The molecule has 2 heterocycles. The van der Waals surface area contributed by atoms with Gasteiger partial charge in [-0.15, -0.1) is 5.10 Å². The number of carbonyl (C=O) groups is 2. The number of hydrogen-bond donors (Lipinski definition) is 1. The Kier molecular flexibility index (Phi) is 7.15. The van der Waals surface area contributed by atoms with Gasteiger partial charge in [0.15, 0.2) is 0 Å². The van der Waals surface area contributed by atoms with Gasteiger partial charge < -0.3 is 5.32 Å². The van der Waals surface area contributed by atoms with Crippen molar-refractivity contribution in [2.75, 3.05) is 4.90 Å². The number of amides is 2. The van der Waals surface area contributed by atoms with E-state index in [0.29, 0.717) is 16.8 Å². The first-order valence-corrected chi connectivity index (χ1v) is 12.1. The second-order valence-electron chi connectivity index (χ2n) is 9.68. The minimum Gasteiger partial charge on any atom is -0.349 e. The lowest BCUT2D eigenvalue weighted by Gasteiger charge is -2.34. The fourth-order valence-corrected chi connectivity index (χ4v) is 4.00. The van der Waals surface area contributed by atoms with Crippen molar-refractivity contribution in [2.45, 2.75) is 59.2 Å². The van der Waals surface area contributed by atoms with Crippen LogP contribution in [0.5, 0.6) is 0 Å². The standard InChI is InChI=1S/C28H32N6O2/c1-6-28(4,5)30-27(36)26(21-10-9-15-29-17-21)34(22-14-13-19(2)20(3)16-22)25(35)18-33-24-12-8-7-11-23(24)31-32-33/h7-17,26H,6,18H2,1-5H3,(H,30,36)/t26-/m0/s1. The highest BCUT2D eigenvalue weighted by Crippen LogP contribution is 2.30. The molecule has 2 aromatic heterocycles. The van der Waals surface area contributed by atoms with Crippen molar-refractivity contribution >= 4 is 28.5 Å². The van der Waals surface area contributed by atoms with E-state index < -0.39 is 11.6 Å². The largest absolute Gasteiger partial charge is 0.349 e. The Morgan fingerprint density at radius 2 is 1.83 bits per heavy atom. The van der Waals surface area contributed by atoms with E-state index in [-0.39, 0.29) is 18.4 Å². The number of rotatable bonds is 8. The Hall–Kier alpha value is -4.07. The van der Waals surface area contributed by atoms with Crippen LogP contribution in [0.3, 0.4) is 0 Å². The summed E-state index contributed by atoms with van der Waals surface area (Å²) in [6.07, 6.45) is 4.02. The summed E-state index contributed by atoms with van der Waals surface area (Å²) in [6, 6.07) is 15.9. The highest BCUT2D eigenvalue weighted by Gasteiger charge is 2.35. The number of nitrogens with one attached hydrogen (secondary N) is 1. The van der Waals surface area contributed by atoms with Gasteiger partial charge in [0.25, 0.3) is 0 Å². The average Bonchev–Trinajstić information content (AvgIpc) is 3.27. The molecule has 0 fully saturated rings. The van der Waals surface area contributed by atoms with Crippen LogP contribution >= 0.6 is 0 Å². The quantitative estimate of drug-likeness (QED) is 0.397. The fraction of sp³-hybridized carbons (Fsp3) is 0.321. The minimum atomic E-state index is -0.922. The zero-order valence-corrected chi connectivity index (χ0v) is 21.4. The predicted molar refractivity (Wildman–Crippen MR) is 140 cm³/mol. The molecule has 186 valence electrons. The fourth-order valence-electron chi connectivity index (χ4n) is 4.00. The molecule has 0 saturated heterocycles. The molecule has 0 bridgehead atoms. The summed E-state index contributed by atoms with van der Waals surface area (Å²) in [5, 5.41) is 11.5. The Morgan fingerprint density at radius 3 is 2.53 bits per heavy atom. The summed E-state index contributed by atoms with van der Waals surface area (Å²) in [5.41, 5.74) is 4.38. The number of anilines is 1. The number of aryl methyl sites for hydroxylation is 2. The number of fused-ring (bicyclic) bond motifs is 1. The number of nitrogens with zero attached hydrogens (tertiary/aromatic N) is 5. The summed E-state index contributed by atoms with van der Waals surface area (Å²) < 4.78 is 1.57. The number of pyridine rings is 1. The van der Waals surface area contributed by atoms with E-state index in [1.54, 1.807) is 28.0 Å². The Morgan fingerprint density at radius 1 is 1.06 bits per heavy atom. The highest BCUT2D eigenvalue weighted by molar-refractivity contribution is 6.01. The molecular formula is C28H32N6O2. The molecule has 8 nitrogen and oxygen atoms in total. The van der Waals surface area contributed by atoms with Gasteiger partial charge in [-0.25, -0.2) is 4.68 Å². The summed E-state index contributed by atoms with van der Waals surface area (Å²) in [5.74, 6) is -0.558. The van der Waals surface area contributed by atoms with Gasteiger partial charge in [0, 0.05) is 29.2 Å². The van der Waals surface area contributed by atoms with Crippen LogP contribution in [0.25, 0.3) is 11.0 Å². The molecular weight excluding hydrogens is 452 g/mol. The Bertz CT molecular complexity index is 1380. The van der Waals surface area contributed by atoms with Crippen LogP contribution in [0.4, 0.5) is 5.69 Å². The molecule has 8 heteroatoms. The summed E-state index contributed by atoms with van der Waals surface area (Å²) in [7, 11) is 0. The first kappa shape index (κ1) is 25.0. The zero-order chi connectivity index (χ0) is 25.9. The number of aromatic nitrogens is 4. The van der Waals surface area contributed by atoms with Crippen LogP contribution in [-0.2, 0) is 16.1 Å². The molecule has 0 saturated carbocycles. The van der Waals surface area contributed by atoms with E-state index in [1.165, 1.54) is 0 Å². The molecule has 0 aliphatic carbocycles. The molecule has 0 aliphatic heterocycles. The summed E-state index contributed by atoms with van der Waals surface area (Å²) in [6.45, 7) is 9.88. The topological polar surface area (TPSA) is 93.0 Å². The number of para-hydroxylation sites is 1. The van der Waals surface area contributed by atoms with E-state index in [0.717, 1.165) is 23.1 Å². The van der Waals surface area contributed by atoms with Crippen molar-refractivity contribution in [2.24, 2.45) is 0 Å². The third-order valence-corrected chi connectivity index (χ3v) is 6.59. The van der Waals surface area contributed by atoms with Crippen LogP contribution in [0.2, 0.25) is 0 Å². The molecule has 0 aliphatic rings. The molecule has 0 spiro atoms. The van der Waals surface area contributed by atoms with Gasteiger partial charge in [0.2, 0.25) is 11.8 Å². The van der Waals surface area contributed by atoms with Gasteiger partial charge in [-0.1, -0.05) is 36.4 Å². The van der Waals surface area contributed by atoms with Crippen molar-refractivity contribution in [1.29, 1.82) is 0 Å². The SMILES string of the molecule is CCC(C)(C)NC(=O)[C@H](c1cccnc1)N(C(=O)Cn1nnc2ccccc21)c1ccc(C)c(C)c1. The van der Waals surface area contributed by atoms with Crippen LogP contribution in [0.15, 0.2) is 67.0 Å². The van der Waals surface area contributed by atoms with Gasteiger partial charge >= 0.3 is 0 Å². The van der Waals surface area contributed by atoms with Crippen LogP contribution < -0.4 is 10.2 Å². The van der Waals surface area contributed by atoms with Gasteiger partial charge in [-0.3, -0.25) is 19.5 Å². The van der Waals surface area contributed by atoms with Crippen LogP contribution in [0, 0.1) is 13.8 Å². The molecule has 2 amide bonds. The average molecular weight is 485 g/mol. The lowest BCUT2D eigenvalue weighted by molar-refractivity contribution is -0.128. The second kappa shape index (κ2) is 10.3. The summed E-state index contributed by atoms with van der Waals surface area (Å²) >= 11 is 0. The molecule has 2 aromatic carbocycles. The minimum absolute atomic E-state index is 0.0748.